The number of fused-ring (bicyclic) bond motifs is 1. The second-order valence-electron chi connectivity index (χ2n) is 6.70. The van der Waals surface area contributed by atoms with Gasteiger partial charge in [0.2, 0.25) is 5.95 Å². The standard InChI is InChI=1S/C20H17ClN6O2/c21-15-3-1-13(2-4-15)16-12-24-27-18(28)9-17(25-19(16)27)14-10-22-20(23-11-14)26-5-7-29-8-6-26/h1-4,9-12,24H,5-8H2. The molecule has 5 rings (SSSR count). The van der Waals surface area contributed by atoms with E-state index in [1.54, 1.807) is 30.7 Å². The van der Waals surface area contributed by atoms with Crippen LogP contribution >= 0.6 is 11.6 Å². The number of anilines is 1. The first kappa shape index (κ1) is 17.8. The van der Waals surface area contributed by atoms with E-state index in [0.29, 0.717) is 41.1 Å². The van der Waals surface area contributed by atoms with Crippen LogP contribution in [0.4, 0.5) is 5.95 Å². The van der Waals surface area contributed by atoms with Crippen molar-refractivity contribution in [2.45, 2.75) is 0 Å². The normalized spacial score (nSPS) is 14.4. The summed E-state index contributed by atoms with van der Waals surface area (Å²) in [6.45, 7) is 2.86. The van der Waals surface area contributed by atoms with E-state index in [4.69, 9.17) is 21.3 Å². The van der Waals surface area contributed by atoms with Crippen molar-refractivity contribution >= 4 is 23.2 Å². The van der Waals surface area contributed by atoms with Crippen LogP contribution in [0.15, 0.2) is 53.7 Å². The zero-order chi connectivity index (χ0) is 19.8. The highest BCUT2D eigenvalue weighted by atomic mass is 35.5. The number of nitrogens with one attached hydrogen (secondary N) is 1. The number of aromatic amines is 1. The van der Waals surface area contributed by atoms with Crippen LogP contribution in [0.1, 0.15) is 0 Å². The molecule has 0 unspecified atom stereocenters. The SMILES string of the molecule is O=c1cc(-c2cnc(N3CCOCC3)nc2)nc2c(-c3ccc(Cl)cc3)c[nH]n12. The Hall–Kier alpha value is -3.23. The number of nitrogens with zero attached hydrogens (tertiary/aromatic N) is 5. The fourth-order valence-electron chi connectivity index (χ4n) is 3.35. The second kappa shape index (κ2) is 7.31. The Morgan fingerprint density at radius 1 is 1.03 bits per heavy atom. The van der Waals surface area contributed by atoms with Gasteiger partial charge in [0.05, 0.1) is 18.9 Å². The minimum Gasteiger partial charge on any atom is -0.378 e. The third kappa shape index (κ3) is 3.37. The highest BCUT2D eigenvalue weighted by Crippen LogP contribution is 2.26. The summed E-state index contributed by atoms with van der Waals surface area (Å²) in [5, 5.41) is 3.61. The molecule has 146 valence electrons. The minimum atomic E-state index is -0.206. The number of hydrogen-bond donors (Lipinski definition) is 1. The lowest BCUT2D eigenvalue weighted by Crippen LogP contribution is -2.37. The first-order valence-electron chi connectivity index (χ1n) is 9.21. The highest BCUT2D eigenvalue weighted by Gasteiger charge is 2.15. The molecule has 0 atom stereocenters. The molecule has 1 aliphatic rings. The average Bonchev–Trinajstić information content (AvgIpc) is 3.20. The number of aromatic nitrogens is 5. The van der Waals surface area contributed by atoms with Crippen molar-refractivity contribution in [2.75, 3.05) is 31.2 Å². The van der Waals surface area contributed by atoms with Crippen molar-refractivity contribution in [1.82, 2.24) is 24.6 Å². The van der Waals surface area contributed by atoms with Crippen LogP contribution in [0.2, 0.25) is 5.02 Å². The Labute approximate surface area is 170 Å². The molecule has 4 aromatic rings. The number of hydrogen-bond acceptors (Lipinski definition) is 6. The topological polar surface area (TPSA) is 88.4 Å². The number of morpholine rings is 1. The molecule has 9 heteroatoms. The van der Waals surface area contributed by atoms with E-state index >= 15 is 0 Å². The maximum absolute atomic E-state index is 12.6. The van der Waals surface area contributed by atoms with Gasteiger partial charge in [-0.3, -0.25) is 9.89 Å². The van der Waals surface area contributed by atoms with Crippen LogP contribution in [-0.4, -0.2) is 50.9 Å². The van der Waals surface area contributed by atoms with Crippen molar-refractivity contribution in [3.8, 4) is 22.4 Å². The van der Waals surface area contributed by atoms with Crippen molar-refractivity contribution in [1.29, 1.82) is 0 Å². The first-order valence-corrected chi connectivity index (χ1v) is 9.59. The minimum absolute atomic E-state index is 0.206. The Balaban J connectivity index is 1.54. The second-order valence-corrected chi connectivity index (χ2v) is 7.14. The third-order valence-corrected chi connectivity index (χ3v) is 5.13. The third-order valence-electron chi connectivity index (χ3n) is 4.88. The molecule has 3 aromatic heterocycles. The zero-order valence-corrected chi connectivity index (χ0v) is 16.1. The summed E-state index contributed by atoms with van der Waals surface area (Å²) in [6, 6.07) is 8.87. The summed E-state index contributed by atoms with van der Waals surface area (Å²) in [6.07, 6.45) is 5.16. The van der Waals surface area contributed by atoms with Crippen molar-refractivity contribution < 1.29 is 4.74 Å². The van der Waals surface area contributed by atoms with Gasteiger partial charge in [-0.2, -0.15) is 0 Å². The Kier molecular flexibility index (Phi) is 4.49. The van der Waals surface area contributed by atoms with Crippen LogP contribution in [-0.2, 0) is 4.74 Å². The van der Waals surface area contributed by atoms with Gasteiger partial charge in [-0.05, 0) is 17.7 Å². The van der Waals surface area contributed by atoms with E-state index in [1.807, 2.05) is 12.1 Å². The summed E-state index contributed by atoms with van der Waals surface area (Å²) in [4.78, 5) is 28.3. The molecule has 1 aliphatic heterocycles. The quantitative estimate of drug-likeness (QED) is 0.560. The van der Waals surface area contributed by atoms with Crippen LogP contribution < -0.4 is 10.5 Å². The number of ether oxygens (including phenoxy) is 1. The van der Waals surface area contributed by atoms with E-state index in [1.165, 1.54) is 10.6 Å². The highest BCUT2D eigenvalue weighted by molar-refractivity contribution is 6.30. The average molecular weight is 409 g/mol. The fraction of sp³-hybridized carbons (Fsp3) is 0.200. The molecule has 4 heterocycles. The van der Waals surface area contributed by atoms with Gasteiger partial charge in [0.25, 0.3) is 5.56 Å². The van der Waals surface area contributed by atoms with Gasteiger partial charge in [0, 0.05) is 53.9 Å². The van der Waals surface area contributed by atoms with Crippen LogP contribution in [0.25, 0.3) is 28.0 Å². The molecule has 8 nitrogen and oxygen atoms in total. The molecule has 0 saturated carbocycles. The summed E-state index contributed by atoms with van der Waals surface area (Å²) >= 11 is 5.99. The molecule has 0 radical (unpaired) electrons. The van der Waals surface area contributed by atoms with Gasteiger partial charge in [0.15, 0.2) is 5.65 Å². The smallest absolute Gasteiger partial charge is 0.273 e. The Morgan fingerprint density at radius 2 is 1.76 bits per heavy atom. The van der Waals surface area contributed by atoms with E-state index in [2.05, 4.69) is 20.0 Å². The lowest BCUT2D eigenvalue weighted by molar-refractivity contribution is 0.122. The van der Waals surface area contributed by atoms with E-state index in [0.717, 1.165) is 24.2 Å². The maximum Gasteiger partial charge on any atom is 0.273 e. The van der Waals surface area contributed by atoms with Crippen LogP contribution in [0.3, 0.4) is 0 Å². The monoisotopic (exact) mass is 408 g/mol. The lowest BCUT2D eigenvalue weighted by atomic mass is 10.1. The number of H-pyrrole nitrogens is 1. The van der Waals surface area contributed by atoms with E-state index < -0.39 is 0 Å². The molecular weight excluding hydrogens is 392 g/mol. The summed E-state index contributed by atoms with van der Waals surface area (Å²) in [7, 11) is 0. The molecule has 1 aromatic carbocycles. The van der Waals surface area contributed by atoms with Crippen molar-refractivity contribution in [2.24, 2.45) is 0 Å². The van der Waals surface area contributed by atoms with Gasteiger partial charge in [-0.1, -0.05) is 23.7 Å². The largest absolute Gasteiger partial charge is 0.378 e. The predicted molar refractivity (Wildman–Crippen MR) is 110 cm³/mol. The van der Waals surface area contributed by atoms with Crippen molar-refractivity contribution in [3.63, 3.8) is 0 Å². The fourth-order valence-corrected chi connectivity index (χ4v) is 3.48. The van der Waals surface area contributed by atoms with Gasteiger partial charge in [-0.15, -0.1) is 0 Å². The lowest BCUT2D eigenvalue weighted by Gasteiger charge is -2.26. The molecule has 0 amide bonds. The molecular formula is C20H17ClN6O2. The van der Waals surface area contributed by atoms with E-state index in [9.17, 15) is 4.79 Å². The van der Waals surface area contributed by atoms with Gasteiger partial charge in [-0.25, -0.2) is 19.5 Å². The summed E-state index contributed by atoms with van der Waals surface area (Å²) in [5.41, 5.74) is 3.26. The Morgan fingerprint density at radius 3 is 2.48 bits per heavy atom. The van der Waals surface area contributed by atoms with Crippen molar-refractivity contribution in [3.05, 3.63) is 64.3 Å². The maximum atomic E-state index is 12.6. The predicted octanol–water partition coefficient (Wildman–Crippen LogP) is 2.64. The number of rotatable bonds is 3. The first-order chi connectivity index (χ1) is 14.2. The number of halogens is 1. The van der Waals surface area contributed by atoms with Gasteiger partial charge < -0.3 is 9.64 Å². The summed E-state index contributed by atoms with van der Waals surface area (Å²) in [5.74, 6) is 0.651. The molecule has 1 saturated heterocycles. The molecule has 0 aliphatic carbocycles. The van der Waals surface area contributed by atoms with Gasteiger partial charge in [0.1, 0.15) is 0 Å². The molecule has 0 spiro atoms. The Bertz CT molecular complexity index is 1210. The number of benzene rings is 1. The molecule has 1 N–H and O–H groups in total. The van der Waals surface area contributed by atoms with Crippen LogP contribution in [0, 0.1) is 0 Å². The molecule has 29 heavy (non-hydrogen) atoms. The zero-order valence-electron chi connectivity index (χ0n) is 15.4. The van der Waals surface area contributed by atoms with Gasteiger partial charge >= 0.3 is 0 Å². The summed E-state index contributed by atoms with van der Waals surface area (Å²) < 4.78 is 6.77. The van der Waals surface area contributed by atoms with E-state index in [-0.39, 0.29) is 5.56 Å². The molecule has 1 fully saturated rings. The molecule has 0 bridgehead atoms. The van der Waals surface area contributed by atoms with Crippen LogP contribution in [0.5, 0.6) is 0 Å².